The highest BCUT2D eigenvalue weighted by atomic mass is 16.7. The Labute approximate surface area is 241 Å². The molecule has 1 heterocycles. The summed E-state index contributed by atoms with van der Waals surface area (Å²) in [4.78, 5) is 31.8. The summed E-state index contributed by atoms with van der Waals surface area (Å²) >= 11 is 0. The third-order valence-electron chi connectivity index (χ3n) is 7.12. The Bertz CT molecular complexity index is 1900. The number of aryl methyl sites for hydroxylation is 1. The summed E-state index contributed by atoms with van der Waals surface area (Å²) in [6.07, 6.45) is -0.667. The summed E-state index contributed by atoms with van der Waals surface area (Å²) in [6, 6.07) is 38.7. The quantitative estimate of drug-likeness (QED) is 0.0857. The van der Waals surface area contributed by atoms with Gasteiger partial charge in [-0.1, -0.05) is 78.0 Å². The van der Waals surface area contributed by atoms with Crippen molar-refractivity contribution in [2.75, 3.05) is 4.90 Å². The predicted molar refractivity (Wildman–Crippen MR) is 165 cm³/mol. The van der Waals surface area contributed by atoms with Crippen LogP contribution in [0.1, 0.15) is 18.1 Å². The molecule has 0 aliphatic heterocycles. The standard InChI is InChI=1S/C34H26N4O4/c1-2-36-31-20-18-25(22-29(31)30-23-28(38(40)41)19-21-32(30)36)33(24-12-6-3-7-13-24)35-42-34(39)37(26-14-8-4-9-15-26)27-16-10-5-11-17-27/h3-23H,2H2,1H3. The average molecular weight is 555 g/mol. The first-order chi connectivity index (χ1) is 20.5. The summed E-state index contributed by atoms with van der Waals surface area (Å²) in [6.45, 7) is 2.74. The van der Waals surface area contributed by atoms with Gasteiger partial charge < -0.3 is 4.57 Å². The Kier molecular flexibility index (Phi) is 7.17. The van der Waals surface area contributed by atoms with Crippen LogP contribution < -0.4 is 4.90 Å². The fourth-order valence-corrected chi connectivity index (χ4v) is 5.20. The summed E-state index contributed by atoms with van der Waals surface area (Å²) < 4.78 is 2.12. The number of hydrogen-bond donors (Lipinski definition) is 0. The van der Waals surface area contributed by atoms with Gasteiger partial charge in [-0.3, -0.25) is 15.0 Å². The van der Waals surface area contributed by atoms with Gasteiger partial charge >= 0.3 is 6.09 Å². The number of amides is 1. The molecule has 6 rings (SSSR count). The number of hydrogen-bond acceptors (Lipinski definition) is 5. The number of nitrogens with zero attached hydrogens (tertiary/aromatic N) is 4. The van der Waals surface area contributed by atoms with Crippen LogP contribution in [0.4, 0.5) is 21.9 Å². The van der Waals surface area contributed by atoms with E-state index in [0.29, 0.717) is 29.2 Å². The summed E-state index contributed by atoms with van der Waals surface area (Å²) in [5.74, 6) is 0. The van der Waals surface area contributed by atoms with Crippen molar-refractivity contribution < 1.29 is 14.6 Å². The molecule has 0 N–H and O–H groups in total. The first-order valence-electron chi connectivity index (χ1n) is 13.5. The maximum absolute atomic E-state index is 13.6. The highest BCUT2D eigenvalue weighted by molar-refractivity contribution is 6.17. The molecule has 0 unspecified atom stereocenters. The van der Waals surface area contributed by atoms with Crippen molar-refractivity contribution in [2.24, 2.45) is 5.16 Å². The van der Waals surface area contributed by atoms with E-state index < -0.39 is 6.09 Å². The normalized spacial score (nSPS) is 11.5. The largest absolute Gasteiger partial charge is 0.445 e. The molecule has 1 amide bonds. The van der Waals surface area contributed by atoms with Crippen LogP contribution in [0.5, 0.6) is 0 Å². The highest BCUT2D eigenvalue weighted by Crippen LogP contribution is 2.33. The Hall–Kier alpha value is -5.76. The van der Waals surface area contributed by atoms with Gasteiger partial charge in [0.25, 0.3) is 5.69 Å². The van der Waals surface area contributed by atoms with Crippen LogP contribution in [0.15, 0.2) is 133 Å². The number of benzene rings is 5. The van der Waals surface area contributed by atoms with Crippen LogP contribution in [0.25, 0.3) is 21.8 Å². The molecule has 0 saturated carbocycles. The molecule has 0 aliphatic carbocycles. The zero-order valence-electron chi connectivity index (χ0n) is 22.8. The van der Waals surface area contributed by atoms with Crippen LogP contribution in [-0.4, -0.2) is 21.3 Å². The van der Waals surface area contributed by atoms with E-state index in [1.54, 1.807) is 12.1 Å². The fraction of sp³-hybridized carbons (Fsp3) is 0.0588. The van der Waals surface area contributed by atoms with E-state index in [1.807, 2.05) is 116 Å². The number of carbonyl (C=O) groups excluding carboxylic acids is 1. The lowest BCUT2D eigenvalue weighted by atomic mass is 10.0. The molecule has 0 bridgehead atoms. The lowest BCUT2D eigenvalue weighted by Gasteiger charge is -2.21. The molecule has 8 nitrogen and oxygen atoms in total. The third kappa shape index (κ3) is 4.97. The molecule has 0 radical (unpaired) electrons. The van der Waals surface area contributed by atoms with Gasteiger partial charge in [-0.25, -0.2) is 9.69 Å². The van der Waals surface area contributed by atoms with Gasteiger partial charge in [0.15, 0.2) is 0 Å². The Morgan fingerprint density at radius 3 is 1.88 bits per heavy atom. The van der Waals surface area contributed by atoms with Crippen molar-refractivity contribution in [1.29, 1.82) is 0 Å². The zero-order valence-corrected chi connectivity index (χ0v) is 22.8. The van der Waals surface area contributed by atoms with E-state index in [-0.39, 0.29) is 10.6 Å². The maximum atomic E-state index is 13.6. The molecule has 42 heavy (non-hydrogen) atoms. The van der Waals surface area contributed by atoms with E-state index in [4.69, 9.17) is 4.84 Å². The Morgan fingerprint density at radius 1 is 0.762 bits per heavy atom. The molecule has 206 valence electrons. The molecular weight excluding hydrogens is 528 g/mol. The third-order valence-corrected chi connectivity index (χ3v) is 7.12. The maximum Gasteiger partial charge on any atom is 0.445 e. The minimum absolute atomic E-state index is 0.0239. The Morgan fingerprint density at radius 2 is 1.31 bits per heavy atom. The fourth-order valence-electron chi connectivity index (χ4n) is 5.20. The molecule has 0 saturated heterocycles. The summed E-state index contributed by atoms with van der Waals surface area (Å²) in [5, 5.41) is 17.6. The van der Waals surface area contributed by atoms with Crippen LogP contribution in [0, 0.1) is 10.1 Å². The number of anilines is 2. The number of fused-ring (bicyclic) bond motifs is 3. The minimum Gasteiger partial charge on any atom is -0.341 e. The van der Waals surface area contributed by atoms with Gasteiger partial charge in [-0.2, -0.15) is 0 Å². The van der Waals surface area contributed by atoms with E-state index in [0.717, 1.165) is 27.4 Å². The van der Waals surface area contributed by atoms with Crippen molar-refractivity contribution in [3.05, 3.63) is 149 Å². The molecule has 0 spiro atoms. The number of aromatic nitrogens is 1. The highest BCUT2D eigenvalue weighted by Gasteiger charge is 2.21. The van der Waals surface area contributed by atoms with Crippen LogP contribution in [0.3, 0.4) is 0 Å². The van der Waals surface area contributed by atoms with Gasteiger partial charge in [0, 0.05) is 51.6 Å². The first-order valence-corrected chi connectivity index (χ1v) is 13.5. The van der Waals surface area contributed by atoms with Gasteiger partial charge in [0.1, 0.15) is 5.71 Å². The Balaban J connectivity index is 1.46. The molecule has 0 fully saturated rings. The van der Waals surface area contributed by atoms with E-state index in [2.05, 4.69) is 9.72 Å². The number of rotatable bonds is 7. The van der Waals surface area contributed by atoms with Crippen molar-refractivity contribution in [3.8, 4) is 0 Å². The monoisotopic (exact) mass is 554 g/mol. The second kappa shape index (κ2) is 11.4. The first kappa shape index (κ1) is 26.5. The van der Waals surface area contributed by atoms with E-state index in [1.165, 1.54) is 11.0 Å². The molecule has 5 aromatic carbocycles. The summed E-state index contributed by atoms with van der Waals surface area (Å²) in [5.41, 5.74) is 5.06. The molecule has 0 atom stereocenters. The van der Waals surface area contributed by atoms with Crippen LogP contribution in [0.2, 0.25) is 0 Å². The molecular formula is C34H26N4O4. The second-order valence-corrected chi connectivity index (χ2v) is 9.60. The molecule has 6 aromatic rings. The average Bonchev–Trinajstić information content (AvgIpc) is 3.35. The van der Waals surface area contributed by atoms with Crippen LogP contribution >= 0.6 is 0 Å². The number of oxime groups is 1. The molecule has 1 aromatic heterocycles. The van der Waals surface area contributed by atoms with Crippen molar-refractivity contribution in [3.63, 3.8) is 0 Å². The van der Waals surface area contributed by atoms with Gasteiger partial charge in [-0.05, 0) is 49.4 Å². The zero-order chi connectivity index (χ0) is 29.1. The van der Waals surface area contributed by atoms with E-state index >= 15 is 0 Å². The number of para-hydroxylation sites is 2. The number of nitro groups is 1. The lowest BCUT2D eigenvalue weighted by molar-refractivity contribution is -0.384. The second-order valence-electron chi connectivity index (χ2n) is 9.60. The van der Waals surface area contributed by atoms with Crippen molar-refractivity contribution >= 4 is 50.7 Å². The van der Waals surface area contributed by atoms with Gasteiger partial charge in [-0.15, -0.1) is 0 Å². The van der Waals surface area contributed by atoms with E-state index in [9.17, 15) is 14.9 Å². The molecule has 0 aliphatic rings. The van der Waals surface area contributed by atoms with Crippen LogP contribution in [-0.2, 0) is 11.4 Å². The lowest BCUT2D eigenvalue weighted by Crippen LogP contribution is -2.25. The van der Waals surface area contributed by atoms with Gasteiger partial charge in [0.05, 0.1) is 16.3 Å². The number of carbonyl (C=O) groups is 1. The predicted octanol–water partition coefficient (Wildman–Crippen LogP) is 8.45. The summed E-state index contributed by atoms with van der Waals surface area (Å²) in [7, 11) is 0. The number of nitro benzene ring substituents is 1. The number of non-ortho nitro benzene ring substituents is 1. The van der Waals surface area contributed by atoms with Gasteiger partial charge in [0.2, 0.25) is 0 Å². The minimum atomic E-state index is -0.667. The topological polar surface area (TPSA) is 90.0 Å². The van der Waals surface area contributed by atoms with Crippen molar-refractivity contribution in [2.45, 2.75) is 13.5 Å². The van der Waals surface area contributed by atoms with Crippen molar-refractivity contribution in [1.82, 2.24) is 4.57 Å². The smallest absolute Gasteiger partial charge is 0.341 e. The SMILES string of the molecule is CCn1c2ccc(C(=NOC(=O)N(c3ccccc3)c3ccccc3)c3ccccc3)cc2c2cc([N+](=O)[O-])ccc21. The molecule has 8 heteroatoms.